The molecule has 1 aromatic carbocycles. The highest BCUT2D eigenvalue weighted by molar-refractivity contribution is 6.05. The maximum absolute atomic E-state index is 14.4. The molecule has 1 unspecified atom stereocenters. The van der Waals surface area contributed by atoms with E-state index in [9.17, 15) is 19.5 Å². The number of cyclic esters (lactones) is 1. The van der Waals surface area contributed by atoms with E-state index in [1.54, 1.807) is 42.4 Å². The van der Waals surface area contributed by atoms with Crippen LogP contribution in [0, 0.1) is 17.8 Å². The predicted octanol–water partition coefficient (Wildman–Crippen LogP) is 2.09. The fraction of sp³-hybridized carbons (Fsp3) is 0.536. The number of amides is 2. The minimum absolute atomic E-state index is 0.0840. The van der Waals surface area contributed by atoms with E-state index < -0.39 is 41.6 Å². The van der Waals surface area contributed by atoms with Crippen molar-refractivity contribution in [1.29, 1.82) is 0 Å². The highest BCUT2D eigenvalue weighted by Crippen LogP contribution is 2.54. The number of rotatable bonds is 6. The van der Waals surface area contributed by atoms with E-state index >= 15 is 0 Å². The molecular formula is C28H34N2O7. The molecule has 1 N–H and O–H groups in total. The first-order valence-electron chi connectivity index (χ1n) is 12.9. The van der Waals surface area contributed by atoms with Gasteiger partial charge in [0.15, 0.2) is 0 Å². The number of ether oxygens (including phenoxy) is 3. The summed E-state index contributed by atoms with van der Waals surface area (Å²) in [6.45, 7) is 4.12. The fourth-order valence-corrected chi connectivity index (χ4v) is 6.21. The molecule has 2 saturated heterocycles. The van der Waals surface area contributed by atoms with Gasteiger partial charge in [0.25, 0.3) is 5.91 Å². The first-order valence-corrected chi connectivity index (χ1v) is 12.9. The number of hydrogen-bond acceptors (Lipinski definition) is 7. The first kappa shape index (κ1) is 25.5. The van der Waals surface area contributed by atoms with Crippen LogP contribution in [0.3, 0.4) is 0 Å². The maximum atomic E-state index is 14.4. The lowest BCUT2D eigenvalue weighted by atomic mass is 9.77. The van der Waals surface area contributed by atoms with Crippen LogP contribution in [-0.4, -0.2) is 78.4 Å². The van der Waals surface area contributed by atoms with Gasteiger partial charge in [-0.05, 0) is 36.6 Å². The van der Waals surface area contributed by atoms with E-state index in [-0.39, 0.29) is 37.5 Å². The Hall–Kier alpha value is -3.17. The van der Waals surface area contributed by atoms with E-state index in [4.69, 9.17) is 14.2 Å². The second-order valence-electron chi connectivity index (χ2n) is 10.2. The molecule has 9 nitrogen and oxygen atoms in total. The summed E-state index contributed by atoms with van der Waals surface area (Å²) in [5.74, 6) is -2.42. The molecule has 5 rings (SSSR count). The van der Waals surface area contributed by atoms with Crippen molar-refractivity contribution in [2.75, 3.05) is 31.8 Å². The Bertz CT molecular complexity index is 1120. The van der Waals surface area contributed by atoms with E-state index in [1.807, 2.05) is 32.1 Å². The standard InChI is InChI=1S/C28H34N2O7/c1-4-17(2)20(16-31)30-24-26(33)29(18-9-11-19(35-3)12-10-18)14-7-13-28(24)23(25(30)32)22-21(37-28)8-5-6-15-36-27(22)34/h5,7-13,17,20-24,31H,4,6,14-16H2,1-3H3/t17-,20-,21+,22-,23-,24?,28-/m0/s1. The molecule has 0 bridgehead atoms. The molecule has 198 valence electrons. The lowest BCUT2D eigenvalue weighted by Gasteiger charge is -2.40. The van der Waals surface area contributed by atoms with Crippen LogP contribution in [0.4, 0.5) is 5.69 Å². The summed E-state index contributed by atoms with van der Waals surface area (Å²) >= 11 is 0. The summed E-state index contributed by atoms with van der Waals surface area (Å²) < 4.78 is 17.3. The van der Waals surface area contributed by atoms with Gasteiger partial charge in [0.1, 0.15) is 23.3 Å². The Kier molecular flexibility index (Phi) is 6.85. The Morgan fingerprint density at radius 2 is 1.92 bits per heavy atom. The summed E-state index contributed by atoms with van der Waals surface area (Å²) in [6.07, 6.45) is 7.89. The van der Waals surface area contributed by atoms with Crippen LogP contribution in [0.5, 0.6) is 5.75 Å². The Balaban J connectivity index is 1.64. The molecule has 2 fully saturated rings. The molecule has 0 radical (unpaired) electrons. The van der Waals surface area contributed by atoms with E-state index in [2.05, 4.69) is 0 Å². The molecule has 0 aromatic heterocycles. The summed E-state index contributed by atoms with van der Waals surface area (Å²) in [5.41, 5.74) is -0.713. The third-order valence-corrected chi connectivity index (χ3v) is 8.29. The van der Waals surface area contributed by atoms with Crippen LogP contribution in [-0.2, 0) is 23.9 Å². The number of likely N-dealkylation sites (tertiary alicyclic amines) is 1. The van der Waals surface area contributed by atoms with Gasteiger partial charge in [-0.2, -0.15) is 0 Å². The van der Waals surface area contributed by atoms with Gasteiger partial charge >= 0.3 is 5.97 Å². The minimum Gasteiger partial charge on any atom is -0.497 e. The van der Waals surface area contributed by atoms with Crippen molar-refractivity contribution in [3.63, 3.8) is 0 Å². The zero-order chi connectivity index (χ0) is 26.3. The smallest absolute Gasteiger partial charge is 0.312 e. The Labute approximate surface area is 216 Å². The van der Waals surface area contributed by atoms with Crippen molar-refractivity contribution in [1.82, 2.24) is 4.90 Å². The van der Waals surface area contributed by atoms with Gasteiger partial charge in [-0.25, -0.2) is 0 Å². The molecule has 4 heterocycles. The van der Waals surface area contributed by atoms with Crippen LogP contribution in [0.1, 0.15) is 26.7 Å². The van der Waals surface area contributed by atoms with Gasteiger partial charge < -0.3 is 29.1 Å². The van der Waals surface area contributed by atoms with Crippen LogP contribution >= 0.6 is 0 Å². The van der Waals surface area contributed by atoms with Crippen molar-refractivity contribution >= 4 is 23.5 Å². The van der Waals surface area contributed by atoms with Crippen molar-refractivity contribution < 1.29 is 33.7 Å². The third-order valence-electron chi connectivity index (χ3n) is 8.29. The van der Waals surface area contributed by atoms with E-state index in [0.717, 1.165) is 0 Å². The Morgan fingerprint density at radius 3 is 2.59 bits per heavy atom. The molecule has 0 saturated carbocycles. The summed E-state index contributed by atoms with van der Waals surface area (Å²) in [7, 11) is 1.57. The highest BCUT2D eigenvalue weighted by atomic mass is 16.6. The molecule has 7 atom stereocenters. The van der Waals surface area contributed by atoms with Gasteiger partial charge in [0.05, 0.1) is 38.4 Å². The van der Waals surface area contributed by atoms with Crippen LogP contribution in [0.25, 0.3) is 0 Å². The van der Waals surface area contributed by atoms with E-state index in [0.29, 0.717) is 24.3 Å². The molecule has 37 heavy (non-hydrogen) atoms. The summed E-state index contributed by atoms with van der Waals surface area (Å²) in [4.78, 5) is 44.9. The van der Waals surface area contributed by atoms with Crippen molar-refractivity contribution in [2.24, 2.45) is 17.8 Å². The number of carbonyl (C=O) groups excluding carboxylic acids is 3. The van der Waals surface area contributed by atoms with Crippen LogP contribution < -0.4 is 9.64 Å². The van der Waals surface area contributed by atoms with Gasteiger partial charge in [0.2, 0.25) is 5.91 Å². The predicted molar refractivity (Wildman–Crippen MR) is 135 cm³/mol. The van der Waals surface area contributed by atoms with E-state index in [1.165, 1.54) is 4.90 Å². The molecule has 4 aliphatic heterocycles. The third kappa shape index (κ3) is 3.95. The number of methoxy groups -OCH3 is 1. The number of hydrogen-bond donors (Lipinski definition) is 1. The van der Waals surface area contributed by atoms with Gasteiger partial charge in [-0.15, -0.1) is 0 Å². The highest BCUT2D eigenvalue weighted by Gasteiger charge is 2.72. The number of carbonyl (C=O) groups is 3. The Morgan fingerprint density at radius 1 is 1.16 bits per heavy atom. The van der Waals surface area contributed by atoms with Crippen molar-refractivity contribution in [2.45, 2.75) is 50.5 Å². The number of fused-ring (bicyclic) bond motifs is 2. The molecule has 9 heteroatoms. The van der Waals surface area contributed by atoms with Gasteiger partial charge in [0, 0.05) is 12.2 Å². The average Bonchev–Trinajstić information content (AvgIpc) is 3.28. The maximum Gasteiger partial charge on any atom is 0.312 e. The number of aliphatic hydroxyl groups excluding tert-OH is 1. The summed E-state index contributed by atoms with van der Waals surface area (Å²) in [5, 5.41) is 10.4. The topological polar surface area (TPSA) is 106 Å². The van der Waals surface area contributed by atoms with Crippen molar-refractivity contribution in [3.05, 3.63) is 48.6 Å². The fourth-order valence-electron chi connectivity index (χ4n) is 6.21. The monoisotopic (exact) mass is 510 g/mol. The quantitative estimate of drug-likeness (QED) is 0.462. The SMILES string of the molecule is CC[C@H](C)[C@H](CO)N1C(=O)[C@@H]2[C@H]3C(=O)OCCC=C[C@H]3O[C@@]23C=CCN(c2ccc(OC)cc2)C(=O)C13. The van der Waals surface area contributed by atoms with Gasteiger partial charge in [-0.3, -0.25) is 14.4 Å². The number of esters is 1. The number of anilines is 1. The van der Waals surface area contributed by atoms with Gasteiger partial charge in [-0.1, -0.05) is 44.6 Å². The lowest BCUT2D eigenvalue weighted by Crippen LogP contribution is -2.59. The van der Waals surface area contributed by atoms with Crippen molar-refractivity contribution in [3.8, 4) is 5.75 Å². The molecule has 1 aromatic rings. The molecule has 4 aliphatic rings. The minimum atomic E-state index is -1.36. The second kappa shape index (κ2) is 9.95. The normalized spacial score (nSPS) is 32.6. The molecule has 1 spiro atoms. The molecular weight excluding hydrogens is 476 g/mol. The molecule has 2 amide bonds. The number of nitrogens with zero attached hydrogens (tertiary/aromatic N) is 2. The van der Waals surface area contributed by atoms with Crippen LogP contribution in [0.15, 0.2) is 48.6 Å². The number of benzene rings is 1. The largest absolute Gasteiger partial charge is 0.497 e. The summed E-state index contributed by atoms with van der Waals surface area (Å²) in [6, 6.07) is 5.48. The second-order valence-corrected chi connectivity index (χ2v) is 10.2. The zero-order valence-corrected chi connectivity index (χ0v) is 21.4. The molecule has 0 aliphatic carbocycles. The average molecular weight is 511 g/mol. The van der Waals surface area contributed by atoms with Crippen LogP contribution in [0.2, 0.25) is 0 Å². The zero-order valence-electron chi connectivity index (χ0n) is 21.4. The lowest BCUT2D eigenvalue weighted by molar-refractivity contribution is -0.155. The first-order chi connectivity index (χ1) is 17.9. The number of aliphatic hydroxyl groups is 1.